The van der Waals surface area contributed by atoms with Crippen molar-refractivity contribution in [2.24, 2.45) is 0 Å². The van der Waals surface area contributed by atoms with Crippen LogP contribution in [0.3, 0.4) is 0 Å². The van der Waals surface area contributed by atoms with Crippen molar-refractivity contribution in [2.45, 2.75) is 18.0 Å². The lowest BCUT2D eigenvalue weighted by Gasteiger charge is -2.13. The standard InChI is InChI=1S/C12H14F2O6S/c13-12(14,21(15,16)17)8-18-5-9-1-3-10(4-2-9)19-6-11-7-20-11/h1-4,11H,5-8H2,(H,15,16,17). The predicted octanol–water partition coefficient (Wildman–Crippen LogP) is 1.46. The Hall–Kier alpha value is -1.29. The minimum absolute atomic E-state index is 0.135. The van der Waals surface area contributed by atoms with Crippen LogP contribution in [0.4, 0.5) is 8.78 Å². The van der Waals surface area contributed by atoms with Crippen LogP contribution in [0.2, 0.25) is 0 Å². The van der Waals surface area contributed by atoms with Crippen LogP contribution in [0, 0.1) is 0 Å². The van der Waals surface area contributed by atoms with Gasteiger partial charge in [-0.2, -0.15) is 17.2 Å². The van der Waals surface area contributed by atoms with Crippen LogP contribution in [0.1, 0.15) is 5.56 Å². The molecule has 2 rings (SSSR count). The van der Waals surface area contributed by atoms with Gasteiger partial charge in [-0.25, -0.2) is 0 Å². The Kier molecular flexibility index (Phi) is 4.77. The molecule has 0 aromatic heterocycles. The molecule has 1 unspecified atom stereocenters. The van der Waals surface area contributed by atoms with Crippen molar-refractivity contribution in [3.8, 4) is 5.75 Å². The van der Waals surface area contributed by atoms with E-state index < -0.39 is 22.0 Å². The zero-order chi connectivity index (χ0) is 15.5. The molecule has 0 amide bonds. The van der Waals surface area contributed by atoms with Gasteiger partial charge >= 0.3 is 15.4 Å². The van der Waals surface area contributed by atoms with Crippen LogP contribution in [-0.2, 0) is 26.2 Å². The molecule has 118 valence electrons. The van der Waals surface area contributed by atoms with Crippen molar-refractivity contribution in [1.82, 2.24) is 0 Å². The minimum atomic E-state index is -5.46. The first-order valence-corrected chi connectivity index (χ1v) is 7.48. The maximum atomic E-state index is 12.9. The first kappa shape index (κ1) is 16.1. The van der Waals surface area contributed by atoms with Crippen LogP contribution in [0.5, 0.6) is 5.75 Å². The van der Waals surface area contributed by atoms with Gasteiger partial charge in [0.15, 0.2) is 0 Å². The summed E-state index contributed by atoms with van der Waals surface area (Å²) in [4.78, 5) is 0. The van der Waals surface area contributed by atoms with Gasteiger partial charge in [0.1, 0.15) is 25.1 Å². The summed E-state index contributed by atoms with van der Waals surface area (Å²) in [5.41, 5.74) is 0.566. The van der Waals surface area contributed by atoms with E-state index in [9.17, 15) is 17.2 Å². The van der Waals surface area contributed by atoms with Gasteiger partial charge in [0, 0.05) is 0 Å². The van der Waals surface area contributed by atoms with Crippen molar-refractivity contribution in [2.75, 3.05) is 19.8 Å². The summed E-state index contributed by atoms with van der Waals surface area (Å²) in [6, 6.07) is 6.49. The SMILES string of the molecule is O=S(=O)(O)C(F)(F)COCc1ccc(OCC2CO2)cc1. The van der Waals surface area contributed by atoms with E-state index in [0.717, 1.165) is 0 Å². The van der Waals surface area contributed by atoms with E-state index in [0.29, 0.717) is 24.5 Å². The second-order valence-corrected chi connectivity index (χ2v) is 6.06. The number of benzene rings is 1. The number of ether oxygens (including phenoxy) is 3. The zero-order valence-electron chi connectivity index (χ0n) is 10.9. The van der Waals surface area contributed by atoms with Gasteiger partial charge in [0.25, 0.3) is 0 Å². The first-order chi connectivity index (χ1) is 9.78. The van der Waals surface area contributed by atoms with E-state index in [1.54, 1.807) is 24.3 Å². The van der Waals surface area contributed by atoms with Crippen molar-refractivity contribution in [3.05, 3.63) is 29.8 Å². The van der Waals surface area contributed by atoms with E-state index in [2.05, 4.69) is 4.74 Å². The molecule has 1 saturated heterocycles. The highest BCUT2D eigenvalue weighted by Gasteiger charge is 2.44. The van der Waals surface area contributed by atoms with Gasteiger partial charge in [-0.15, -0.1) is 0 Å². The van der Waals surface area contributed by atoms with Crippen molar-refractivity contribution < 1.29 is 36.0 Å². The third-order valence-corrected chi connectivity index (χ3v) is 3.55. The fourth-order valence-electron chi connectivity index (χ4n) is 1.40. The molecule has 9 heteroatoms. The number of epoxide rings is 1. The highest BCUT2D eigenvalue weighted by Crippen LogP contribution is 2.21. The lowest BCUT2D eigenvalue weighted by molar-refractivity contribution is -0.0264. The number of hydrogen-bond acceptors (Lipinski definition) is 5. The molecule has 1 heterocycles. The van der Waals surface area contributed by atoms with Gasteiger partial charge in [-0.3, -0.25) is 4.55 Å². The van der Waals surface area contributed by atoms with E-state index in [1.807, 2.05) is 0 Å². The molecule has 1 fully saturated rings. The Morgan fingerprint density at radius 3 is 2.48 bits per heavy atom. The fraction of sp³-hybridized carbons (Fsp3) is 0.500. The lowest BCUT2D eigenvalue weighted by atomic mass is 10.2. The maximum absolute atomic E-state index is 12.9. The molecule has 0 saturated carbocycles. The summed E-state index contributed by atoms with van der Waals surface area (Å²) in [5, 5.41) is -4.32. The van der Waals surface area contributed by atoms with Gasteiger partial charge in [0.05, 0.1) is 13.2 Å². The summed E-state index contributed by atoms with van der Waals surface area (Å²) < 4.78 is 69.8. The minimum Gasteiger partial charge on any atom is -0.491 e. The smallest absolute Gasteiger partial charge is 0.392 e. The maximum Gasteiger partial charge on any atom is 0.392 e. The molecule has 1 N–H and O–H groups in total. The molecule has 0 bridgehead atoms. The summed E-state index contributed by atoms with van der Waals surface area (Å²) in [6.45, 7) is -0.482. The van der Waals surface area contributed by atoms with Crippen LogP contribution in [0.15, 0.2) is 24.3 Å². The Morgan fingerprint density at radius 2 is 1.95 bits per heavy atom. The number of rotatable bonds is 8. The molecule has 1 aliphatic heterocycles. The van der Waals surface area contributed by atoms with Crippen molar-refractivity contribution in [3.63, 3.8) is 0 Å². The average Bonchev–Trinajstić information content (AvgIpc) is 3.20. The third kappa shape index (κ3) is 4.88. The molecule has 1 aromatic rings. The highest BCUT2D eigenvalue weighted by atomic mass is 32.2. The average molecular weight is 324 g/mol. The Bertz CT molecular complexity index is 568. The number of alkyl halides is 2. The molecule has 6 nitrogen and oxygen atoms in total. The molecule has 1 aromatic carbocycles. The van der Waals surface area contributed by atoms with Gasteiger partial charge in [-0.1, -0.05) is 12.1 Å². The van der Waals surface area contributed by atoms with E-state index >= 15 is 0 Å². The zero-order valence-corrected chi connectivity index (χ0v) is 11.7. The molecule has 0 radical (unpaired) electrons. The molecule has 1 atom stereocenters. The quantitative estimate of drug-likeness (QED) is 0.575. The third-order valence-electron chi connectivity index (χ3n) is 2.68. The second kappa shape index (κ2) is 6.22. The molecule has 1 aliphatic rings. The van der Waals surface area contributed by atoms with Crippen molar-refractivity contribution in [1.29, 1.82) is 0 Å². The summed E-state index contributed by atoms with van der Waals surface area (Å²) in [7, 11) is -5.46. The van der Waals surface area contributed by atoms with E-state index in [-0.39, 0.29) is 12.7 Å². The predicted molar refractivity (Wildman–Crippen MR) is 67.8 cm³/mol. The summed E-state index contributed by atoms with van der Waals surface area (Å²) in [6.07, 6.45) is 0.135. The molecule has 21 heavy (non-hydrogen) atoms. The Balaban J connectivity index is 1.78. The first-order valence-electron chi connectivity index (χ1n) is 6.04. The van der Waals surface area contributed by atoms with Crippen molar-refractivity contribution >= 4 is 10.1 Å². The van der Waals surface area contributed by atoms with Gasteiger partial charge in [-0.05, 0) is 17.7 Å². The molecule has 0 aliphatic carbocycles. The van der Waals surface area contributed by atoms with E-state index in [1.165, 1.54) is 0 Å². The Labute approximate surface area is 120 Å². The van der Waals surface area contributed by atoms with Gasteiger partial charge < -0.3 is 14.2 Å². The largest absolute Gasteiger partial charge is 0.491 e. The lowest BCUT2D eigenvalue weighted by Crippen LogP contribution is -2.33. The highest BCUT2D eigenvalue weighted by molar-refractivity contribution is 7.86. The van der Waals surface area contributed by atoms with Crippen LogP contribution < -0.4 is 4.74 Å². The summed E-state index contributed by atoms with van der Waals surface area (Å²) >= 11 is 0. The molecule has 0 spiro atoms. The molecular weight excluding hydrogens is 310 g/mol. The summed E-state index contributed by atoms with van der Waals surface area (Å²) in [5.74, 6) is 0.609. The Morgan fingerprint density at radius 1 is 1.33 bits per heavy atom. The second-order valence-electron chi connectivity index (χ2n) is 4.52. The van der Waals surface area contributed by atoms with Gasteiger partial charge in [0.2, 0.25) is 0 Å². The van der Waals surface area contributed by atoms with Crippen LogP contribution in [0.25, 0.3) is 0 Å². The monoisotopic (exact) mass is 324 g/mol. The van der Waals surface area contributed by atoms with E-state index in [4.69, 9.17) is 14.0 Å². The molecular formula is C12H14F2O6S. The van der Waals surface area contributed by atoms with Crippen LogP contribution in [-0.4, -0.2) is 44.1 Å². The normalized spacial score (nSPS) is 18.5. The number of halogens is 2. The topological polar surface area (TPSA) is 85.4 Å². The number of hydrogen-bond donors (Lipinski definition) is 1. The fourth-order valence-corrected chi connectivity index (χ4v) is 1.63. The van der Waals surface area contributed by atoms with Crippen LogP contribution >= 0.6 is 0 Å².